The number of carbonyl (C=O) groups is 1. The Bertz CT molecular complexity index is 244. The van der Waals surface area contributed by atoms with E-state index in [2.05, 4.69) is 20.8 Å². The number of nitrogens with zero attached hydrogens (tertiary/aromatic N) is 1. The van der Waals surface area contributed by atoms with E-state index in [-0.39, 0.29) is 21.2 Å². The summed E-state index contributed by atoms with van der Waals surface area (Å²) >= 11 is 0. The van der Waals surface area contributed by atoms with Gasteiger partial charge in [0, 0.05) is 0 Å². The Kier molecular flexibility index (Phi) is 4.72. The van der Waals surface area contributed by atoms with Crippen molar-refractivity contribution < 1.29 is 14.0 Å². The fourth-order valence-corrected chi connectivity index (χ4v) is 1.55. The average Bonchev–Trinajstić information content (AvgIpc) is 1.98. The van der Waals surface area contributed by atoms with Crippen LogP contribution in [0.5, 0.6) is 0 Å². The van der Waals surface area contributed by atoms with Crippen LogP contribution in [0.2, 0.25) is 0 Å². The van der Waals surface area contributed by atoms with Crippen molar-refractivity contribution in [1.82, 2.24) is 0 Å². The number of ether oxygens (including phenoxy) is 1. The highest BCUT2D eigenvalue weighted by Crippen LogP contribution is 2.21. The van der Waals surface area contributed by atoms with Crippen molar-refractivity contribution in [1.29, 1.82) is 0 Å². The lowest BCUT2D eigenvalue weighted by molar-refractivity contribution is -0.839. The molecule has 0 aromatic rings. The van der Waals surface area contributed by atoms with Gasteiger partial charge in [0.25, 0.3) is 0 Å². The zero-order chi connectivity index (χ0) is 13.2. The molecule has 0 radical (unpaired) electrons. The van der Waals surface area contributed by atoms with Crippen molar-refractivity contribution >= 4 is 5.91 Å². The predicted octanol–water partition coefficient (Wildman–Crippen LogP) is 2.66. The molecule has 0 aromatic carbocycles. The maximum Gasteiger partial charge on any atom is 0.320 e. The number of hydrogen-bond donors (Lipinski definition) is 0. The van der Waals surface area contributed by atoms with Gasteiger partial charge < -0.3 is 4.74 Å². The summed E-state index contributed by atoms with van der Waals surface area (Å²) in [5, 5.41) is 0. The van der Waals surface area contributed by atoms with E-state index in [4.69, 9.17) is 4.74 Å². The van der Waals surface area contributed by atoms with Crippen LogP contribution in [0.25, 0.3) is 0 Å². The van der Waals surface area contributed by atoms with Crippen LogP contribution in [0.4, 0.5) is 0 Å². The molecule has 0 saturated carbocycles. The van der Waals surface area contributed by atoms with E-state index >= 15 is 0 Å². The van der Waals surface area contributed by atoms with Crippen molar-refractivity contribution in [3.63, 3.8) is 0 Å². The average molecular weight is 230 g/mol. The molecule has 0 heterocycles. The Labute approximate surface area is 100 Å². The first-order chi connectivity index (χ1) is 6.86. The molecular formula is C13H28NO2+. The fraction of sp³-hybridized carbons (Fsp3) is 0.923. The molecule has 3 heteroatoms. The Balaban J connectivity index is 4.32. The first-order valence-corrected chi connectivity index (χ1v) is 5.82. The molecule has 0 N–H and O–H groups in total. The first kappa shape index (κ1) is 15.6. The Morgan fingerprint density at radius 3 is 1.81 bits per heavy atom. The van der Waals surface area contributed by atoms with E-state index in [0.29, 0.717) is 13.3 Å². The minimum absolute atomic E-state index is 0.144. The first-order valence-electron chi connectivity index (χ1n) is 5.82. The van der Waals surface area contributed by atoms with Crippen molar-refractivity contribution in [2.24, 2.45) is 10.8 Å². The summed E-state index contributed by atoms with van der Waals surface area (Å²) in [7, 11) is 3.80. The SMILES string of the molecule is CC(C)(C)COC[N+](C)(C)C(=O)C(C)(C)C. The van der Waals surface area contributed by atoms with Crippen LogP contribution in [0, 0.1) is 10.8 Å². The summed E-state index contributed by atoms with van der Waals surface area (Å²) in [4.78, 5) is 12.1. The molecule has 0 spiro atoms. The highest BCUT2D eigenvalue weighted by Gasteiger charge is 2.37. The van der Waals surface area contributed by atoms with Gasteiger partial charge in [-0.3, -0.25) is 0 Å². The maximum atomic E-state index is 12.1. The largest absolute Gasteiger partial charge is 0.331 e. The second-order valence-corrected chi connectivity index (χ2v) is 7.28. The lowest BCUT2D eigenvalue weighted by atomic mass is 9.94. The van der Waals surface area contributed by atoms with Gasteiger partial charge in [-0.1, -0.05) is 20.8 Å². The van der Waals surface area contributed by atoms with Crippen molar-refractivity contribution in [3.05, 3.63) is 0 Å². The van der Waals surface area contributed by atoms with E-state index in [1.807, 2.05) is 34.9 Å². The molecule has 0 aliphatic rings. The molecule has 0 fully saturated rings. The summed E-state index contributed by atoms with van der Waals surface area (Å²) in [6.07, 6.45) is 0. The molecule has 3 nitrogen and oxygen atoms in total. The fourth-order valence-electron chi connectivity index (χ4n) is 1.55. The summed E-state index contributed by atoms with van der Waals surface area (Å²) in [5.74, 6) is 0.196. The summed E-state index contributed by atoms with van der Waals surface area (Å²) < 4.78 is 5.91. The Hall–Kier alpha value is -0.410. The molecule has 0 saturated heterocycles. The number of quaternary nitrogens is 1. The third kappa shape index (κ3) is 5.61. The third-order valence-corrected chi connectivity index (χ3v) is 2.14. The van der Waals surface area contributed by atoms with Gasteiger partial charge in [-0.15, -0.1) is 0 Å². The van der Waals surface area contributed by atoms with Gasteiger partial charge in [0.2, 0.25) is 0 Å². The summed E-state index contributed by atoms with van der Waals surface area (Å²) in [5.41, 5.74) is -0.181. The van der Waals surface area contributed by atoms with Crippen LogP contribution < -0.4 is 0 Å². The van der Waals surface area contributed by atoms with Gasteiger partial charge >= 0.3 is 5.91 Å². The van der Waals surface area contributed by atoms with Crippen LogP contribution in [0.3, 0.4) is 0 Å². The Morgan fingerprint density at radius 1 is 1.06 bits per heavy atom. The second kappa shape index (κ2) is 4.84. The Morgan fingerprint density at radius 2 is 1.50 bits per heavy atom. The molecule has 16 heavy (non-hydrogen) atoms. The van der Waals surface area contributed by atoms with E-state index in [0.717, 1.165) is 0 Å². The molecular weight excluding hydrogens is 202 g/mol. The van der Waals surface area contributed by atoms with Gasteiger partial charge in [0.05, 0.1) is 26.1 Å². The van der Waals surface area contributed by atoms with Gasteiger partial charge in [-0.25, -0.2) is 9.28 Å². The topological polar surface area (TPSA) is 26.3 Å². The standard InChI is InChI=1S/C13H28NO2/c1-12(2,3)9-16-10-14(7,8)11(15)13(4,5)6/h9-10H2,1-8H3/q+1. The second-order valence-electron chi connectivity index (χ2n) is 7.28. The van der Waals surface area contributed by atoms with Gasteiger partial charge in [-0.05, 0) is 26.2 Å². The molecule has 96 valence electrons. The smallest absolute Gasteiger partial charge is 0.320 e. The minimum atomic E-state index is -0.325. The van der Waals surface area contributed by atoms with Crippen LogP contribution in [0.1, 0.15) is 41.5 Å². The molecule has 0 unspecified atom stereocenters. The molecule has 0 atom stereocenters. The van der Waals surface area contributed by atoms with Gasteiger partial charge in [0.15, 0.2) is 6.73 Å². The lowest BCUT2D eigenvalue weighted by Crippen LogP contribution is -2.52. The molecule has 1 amide bonds. The van der Waals surface area contributed by atoms with E-state index in [1.165, 1.54) is 0 Å². The van der Waals surface area contributed by atoms with E-state index < -0.39 is 0 Å². The van der Waals surface area contributed by atoms with E-state index in [9.17, 15) is 4.79 Å². The van der Waals surface area contributed by atoms with Crippen LogP contribution in [-0.2, 0) is 9.53 Å². The quantitative estimate of drug-likeness (QED) is 0.550. The van der Waals surface area contributed by atoms with Crippen molar-refractivity contribution in [3.8, 4) is 0 Å². The molecule has 0 bridgehead atoms. The van der Waals surface area contributed by atoms with Crippen LogP contribution in [0.15, 0.2) is 0 Å². The van der Waals surface area contributed by atoms with E-state index in [1.54, 1.807) is 0 Å². The number of amides is 1. The zero-order valence-corrected chi connectivity index (χ0v) is 12.2. The third-order valence-electron chi connectivity index (χ3n) is 2.14. The van der Waals surface area contributed by atoms with Crippen molar-refractivity contribution in [2.45, 2.75) is 41.5 Å². The minimum Gasteiger partial charge on any atom is -0.331 e. The zero-order valence-electron chi connectivity index (χ0n) is 12.2. The molecule has 0 aliphatic heterocycles. The molecule has 0 aromatic heterocycles. The number of rotatable bonds is 3. The monoisotopic (exact) mass is 230 g/mol. The summed E-state index contributed by atoms with van der Waals surface area (Å²) in [6, 6.07) is 0. The highest BCUT2D eigenvalue weighted by atomic mass is 16.5. The van der Waals surface area contributed by atoms with Crippen LogP contribution >= 0.6 is 0 Å². The van der Waals surface area contributed by atoms with Gasteiger partial charge in [-0.2, -0.15) is 0 Å². The molecule has 0 rings (SSSR count). The highest BCUT2D eigenvalue weighted by molar-refractivity contribution is 5.74. The normalized spacial score (nSPS) is 14.0. The molecule has 0 aliphatic carbocycles. The van der Waals surface area contributed by atoms with Gasteiger partial charge in [0.1, 0.15) is 0 Å². The lowest BCUT2D eigenvalue weighted by Gasteiger charge is -2.32. The number of hydrogen-bond acceptors (Lipinski definition) is 2. The maximum absolute atomic E-state index is 12.1. The summed E-state index contributed by atoms with van der Waals surface area (Å²) in [6.45, 7) is 13.3. The number of carbonyl (C=O) groups excluding carboxylic acids is 1. The predicted molar refractivity (Wildman–Crippen MR) is 66.8 cm³/mol. The van der Waals surface area contributed by atoms with Crippen LogP contribution in [-0.4, -0.2) is 37.8 Å². The van der Waals surface area contributed by atoms with Crippen molar-refractivity contribution in [2.75, 3.05) is 27.4 Å².